The molecule has 0 unspecified atom stereocenters. The molecule has 0 aliphatic rings. The van der Waals surface area contributed by atoms with E-state index in [1.165, 1.54) is 0 Å². The first-order valence-corrected chi connectivity index (χ1v) is 5.92. The highest BCUT2D eigenvalue weighted by Gasteiger charge is 2.08. The van der Waals surface area contributed by atoms with Crippen LogP contribution >= 0.6 is 11.3 Å². The molecule has 0 aliphatic carbocycles. The van der Waals surface area contributed by atoms with Crippen molar-refractivity contribution in [2.45, 2.75) is 0 Å². The number of rotatable bonds is 2. The maximum atomic E-state index is 4.53. The predicted molar refractivity (Wildman–Crippen MR) is 65.3 cm³/mol. The molecule has 0 aliphatic heterocycles. The Labute approximate surface area is 102 Å². The molecule has 0 aromatic carbocycles. The first-order chi connectivity index (χ1) is 8.33. The molecule has 0 saturated carbocycles. The molecule has 0 spiro atoms. The van der Waals surface area contributed by atoms with E-state index < -0.39 is 0 Å². The summed E-state index contributed by atoms with van der Waals surface area (Å²) < 4.78 is 1.76. The summed E-state index contributed by atoms with van der Waals surface area (Å²) >= 11 is 1.56. The number of hydrogen-bond donors (Lipinski definition) is 0. The van der Waals surface area contributed by atoms with Crippen LogP contribution < -0.4 is 0 Å². The lowest BCUT2D eigenvalue weighted by Crippen LogP contribution is -1.84. The molecule has 3 rings (SSSR count). The molecule has 0 saturated heterocycles. The van der Waals surface area contributed by atoms with E-state index in [1.807, 2.05) is 18.6 Å². The molecule has 0 N–H and O–H groups in total. The zero-order chi connectivity index (χ0) is 11.7. The number of aryl methyl sites for hydroxylation is 1. The molecule has 84 valence electrons. The molecule has 0 bridgehead atoms. The Morgan fingerprint density at radius 2 is 2.12 bits per heavy atom. The summed E-state index contributed by atoms with van der Waals surface area (Å²) in [4.78, 5) is 12.8. The van der Waals surface area contributed by atoms with Crippen LogP contribution in [-0.4, -0.2) is 24.7 Å². The van der Waals surface area contributed by atoms with Gasteiger partial charge in [-0.05, 0) is 0 Å². The lowest BCUT2D eigenvalue weighted by Gasteiger charge is -1.92. The highest BCUT2D eigenvalue weighted by Crippen LogP contribution is 2.26. The van der Waals surface area contributed by atoms with Crippen molar-refractivity contribution in [3.63, 3.8) is 0 Å². The van der Waals surface area contributed by atoms with Gasteiger partial charge in [-0.15, -0.1) is 11.3 Å². The van der Waals surface area contributed by atoms with Gasteiger partial charge in [0.25, 0.3) is 0 Å². The lowest BCUT2D eigenvalue weighted by molar-refractivity contribution is 0.768. The maximum Gasteiger partial charge on any atom is 0.144 e. The second-order valence-corrected chi connectivity index (χ2v) is 4.39. The summed E-state index contributed by atoms with van der Waals surface area (Å²) in [6, 6.07) is 0. The molecule has 0 amide bonds. The molecule has 3 aromatic rings. The van der Waals surface area contributed by atoms with E-state index in [0.29, 0.717) is 0 Å². The molecule has 0 fully saturated rings. The second kappa shape index (κ2) is 4.06. The minimum Gasteiger partial charge on any atom is -0.275 e. The average molecular weight is 243 g/mol. The minimum atomic E-state index is 0.799. The largest absolute Gasteiger partial charge is 0.275 e. The van der Waals surface area contributed by atoms with Gasteiger partial charge in [0.1, 0.15) is 10.7 Å². The van der Waals surface area contributed by atoms with Crippen LogP contribution in [0.4, 0.5) is 0 Å². The van der Waals surface area contributed by atoms with Crippen molar-refractivity contribution in [3.8, 4) is 22.0 Å². The van der Waals surface area contributed by atoms with Crippen molar-refractivity contribution >= 4 is 11.3 Å². The Morgan fingerprint density at radius 3 is 2.82 bits per heavy atom. The zero-order valence-electron chi connectivity index (χ0n) is 9.11. The third kappa shape index (κ3) is 1.94. The Hall–Kier alpha value is -2.08. The average Bonchev–Trinajstić information content (AvgIpc) is 2.98. The molecule has 3 heterocycles. The van der Waals surface area contributed by atoms with E-state index in [2.05, 4.69) is 20.1 Å². The van der Waals surface area contributed by atoms with E-state index in [0.717, 1.165) is 22.0 Å². The van der Waals surface area contributed by atoms with Crippen molar-refractivity contribution in [2.75, 3.05) is 0 Å². The number of aromatic nitrogens is 5. The van der Waals surface area contributed by atoms with Crippen LogP contribution in [-0.2, 0) is 7.05 Å². The smallest absolute Gasteiger partial charge is 0.144 e. The highest BCUT2D eigenvalue weighted by atomic mass is 32.1. The van der Waals surface area contributed by atoms with Crippen LogP contribution in [0.15, 0.2) is 36.4 Å². The second-order valence-electron chi connectivity index (χ2n) is 3.53. The van der Waals surface area contributed by atoms with Crippen molar-refractivity contribution in [3.05, 3.63) is 36.4 Å². The zero-order valence-corrected chi connectivity index (χ0v) is 9.92. The molecule has 5 nitrogen and oxygen atoms in total. The van der Waals surface area contributed by atoms with E-state index in [-0.39, 0.29) is 0 Å². The fourth-order valence-corrected chi connectivity index (χ4v) is 2.28. The Kier molecular flexibility index (Phi) is 2.41. The highest BCUT2D eigenvalue weighted by molar-refractivity contribution is 7.13. The van der Waals surface area contributed by atoms with Crippen LogP contribution in [0, 0.1) is 0 Å². The monoisotopic (exact) mass is 243 g/mol. The fourth-order valence-electron chi connectivity index (χ4n) is 1.49. The maximum absolute atomic E-state index is 4.53. The first kappa shape index (κ1) is 10.1. The quantitative estimate of drug-likeness (QED) is 0.690. The van der Waals surface area contributed by atoms with Crippen LogP contribution in [0.1, 0.15) is 0 Å². The number of thiazole rings is 1. The molecule has 0 radical (unpaired) electrons. The molecule has 6 heteroatoms. The van der Waals surface area contributed by atoms with Gasteiger partial charge in [-0.3, -0.25) is 14.6 Å². The summed E-state index contributed by atoms with van der Waals surface area (Å²) in [6.45, 7) is 0. The Morgan fingerprint density at radius 1 is 1.18 bits per heavy atom. The Bertz CT molecular complexity index is 628. The van der Waals surface area contributed by atoms with Gasteiger partial charge in [0.15, 0.2) is 0 Å². The predicted octanol–water partition coefficient (Wildman–Crippen LogP) is 2.00. The first-order valence-electron chi connectivity index (χ1n) is 5.04. The van der Waals surface area contributed by atoms with Gasteiger partial charge in [-0.25, -0.2) is 4.98 Å². The summed E-state index contributed by atoms with van der Waals surface area (Å²) in [5, 5.41) is 7.00. The molecule has 0 atom stereocenters. The summed E-state index contributed by atoms with van der Waals surface area (Å²) in [7, 11) is 1.89. The van der Waals surface area contributed by atoms with Crippen molar-refractivity contribution < 1.29 is 0 Å². The van der Waals surface area contributed by atoms with Gasteiger partial charge in [-0.2, -0.15) is 5.10 Å². The summed E-state index contributed by atoms with van der Waals surface area (Å²) in [5.74, 6) is 0. The SMILES string of the molecule is Cn1cc(-c2csc(-c3cnccn3)n2)cn1. The van der Waals surface area contributed by atoms with Crippen LogP contribution in [0.3, 0.4) is 0 Å². The van der Waals surface area contributed by atoms with Crippen molar-refractivity contribution in [1.82, 2.24) is 24.7 Å². The normalized spacial score (nSPS) is 10.6. The van der Waals surface area contributed by atoms with E-state index in [1.54, 1.807) is 40.8 Å². The third-order valence-electron chi connectivity index (χ3n) is 2.29. The number of nitrogens with zero attached hydrogens (tertiary/aromatic N) is 5. The lowest BCUT2D eigenvalue weighted by atomic mass is 10.3. The van der Waals surface area contributed by atoms with Crippen LogP contribution in [0.5, 0.6) is 0 Å². The summed E-state index contributed by atoms with van der Waals surface area (Å²) in [6.07, 6.45) is 8.77. The van der Waals surface area contributed by atoms with E-state index in [9.17, 15) is 0 Å². The van der Waals surface area contributed by atoms with E-state index in [4.69, 9.17) is 0 Å². The van der Waals surface area contributed by atoms with Crippen LogP contribution in [0.25, 0.3) is 22.0 Å². The van der Waals surface area contributed by atoms with Crippen molar-refractivity contribution in [1.29, 1.82) is 0 Å². The van der Waals surface area contributed by atoms with E-state index >= 15 is 0 Å². The molecular formula is C11H9N5S. The summed E-state index contributed by atoms with van der Waals surface area (Å²) in [5.41, 5.74) is 2.73. The fraction of sp³-hybridized carbons (Fsp3) is 0.0909. The topological polar surface area (TPSA) is 56.5 Å². The number of hydrogen-bond acceptors (Lipinski definition) is 5. The minimum absolute atomic E-state index is 0.799. The van der Waals surface area contributed by atoms with Gasteiger partial charge in [-0.1, -0.05) is 0 Å². The van der Waals surface area contributed by atoms with Gasteiger partial charge in [0.05, 0.1) is 18.1 Å². The van der Waals surface area contributed by atoms with Gasteiger partial charge < -0.3 is 0 Å². The van der Waals surface area contributed by atoms with Crippen LogP contribution in [0.2, 0.25) is 0 Å². The molecule has 3 aromatic heterocycles. The van der Waals surface area contributed by atoms with Gasteiger partial charge in [0, 0.05) is 36.6 Å². The molecular weight excluding hydrogens is 234 g/mol. The third-order valence-corrected chi connectivity index (χ3v) is 3.15. The Balaban J connectivity index is 1.99. The standard InChI is InChI=1S/C11H9N5S/c1-16-6-8(4-14-16)10-7-17-11(15-10)9-5-12-2-3-13-9/h2-7H,1H3. The molecule has 17 heavy (non-hydrogen) atoms. The van der Waals surface area contributed by atoms with Gasteiger partial charge >= 0.3 is 0 Å². The van der Waals surface area contributed by atoms with Gasteiger partial charge in [0.2, 0.25) is 0 Å². The van der Waals surface area contributed by atoms with Crippen molar-refractivity contribution in [2.24, 2.45) is 7.05 Å².